The lowest BCUT2D eigenvalue weighted by molar-refractivity contribution is -0.125. The molecule has 3 heterocycles. The van der Waals surface area contributed by atoms with Crippen LogP contribution in [0.3, 0.4) is 0 Å². The largest absolute Gasteiger partial charge is 0.457 e. The second-order valence-electron chi connectivity index (χ2n) is 9.55. The van der Waals surface area contributed by atoms with E-state index in [1.807, 2.05) is 36.4 Å². The minimum Gasteiger partial charge on any atom is -0.457 e. The van der Waals surface area contributed by atoms with E-state index >= 15 is 0 Å². The molecular formula is C28H25N7O3. The molecule has 1 aliphatic carbocycles. The van der Waals surface area contributed by atoms with E-state index in [4.69, 9.17) is 10.5 Å². The maximum atomic E-state index is 13.8. The van der Waals surface area contributed by atoms with Crippen LogP contribution < -0.4 is 16.2 Å². The first-order valence-corrected chi connectivity index (χ1v) is 12.5. The number of nitrogens with zero attached hydrogens (tertiary/aromatic N) is 6. The molecule has 1 saturated heterocycles. The fourth-order valence-corrected chi connectivity index (χ4v) is 4.89. The van der Waals surface area contributed by atoms with Crippen molar-refractivity contribution in [3.63, 3.8) is 0 Å². The van der Waals surface area contributed by atoms with Gasteiger partial charge in [-0.1, -0.05) is 24.3 Å². The summed E-state index contributed by atoms with van der Waals surface area (Å²) in [5.74, 6) is 1.54. The number of anilines is 1. The molecule has 1 amide bonds. The Kier molecular flexibility index (Phi) is 5.88. The van der Waals surface area contributed by atoms with Crippen LogP contribution in [0.25, 0.3) is 16.9 Å². The van der Waals surface area contributed by atoms with Crippen LogP contribution in [0.15, 0.2) is 77.4 Å². The van der Waals surface area contributed by atoms with E-state index in [-0.39, 0.29) is 29.0 Å². The van der Waals surface area contributed by atoms with E-state index in [0.717, 1.165) is 12.8 Å². The molecule has 0 spiro atoms. The molecule has 6 rings (SSSR count). The smallest absolute Gasteiger partial charge is 0.335 e. The third kappa shape index (κ3) is 4.28. The number of amides is 1. The third-order valence-corrected chi connectivity index (χ3v) is 6.95. The molecule has 2 N–H and O–H groups in total. The van der Waals surface area contributed by atoms with Crippen LogP contribution in [-0.4, -0.2) is 43.0 Å². The molecule has 2 aliphatic rings. The van der Waals surface area contributed by atoms with Crippen molar-refractivity contribution >= 4 is 22.9 Å². The van der Waals surface area contributed by atoms with Crippen molar-refractivity contribution in [2.24, 2.45) is 5.92 Å². The number of nitriles is 1. The molecule has 38 heavy (non-hydrogen) atoms. The number of nitrogen functional groups attached to an aromatic ring is 1. The first-order chi connectivity index (χ1) is 18.5. The molecule has 2 fully saturated rings. The number of carbonyl (C=O) groups is 1. The van der Waals surface area contributed by atoms with Gasteiger partial charge in [0, 0.05) is 13.1 Å². The lowest BCUT2D eigenvalue weighted by atomic mass is 10.2. The molecule has 1 saturated carbocycles. The van der Waals surface area contributed by atoms with Crippen LogP contribution >= 0.6 is 0 Å². The van der Waals surface area contributed by atoms with Gasteiger partial charge >= 0.3 is 5.69 Å². The van der Waals surface area contributed by atoms with Crippen molar-refractivity contribution in [3.05, 3.63) is 83.1 Å². The Morgan fingerprint density at radius 2 is 1.79 bits per heavy atom. The van der Waals surface area contributed by atoms with Gasteiger partial charge in [0.25, 0.3) is 5.91 Å². The molecule has 1 atom stereocenters. The van der Waals surface area contributed by atoms with Crippen molar-refractivity contribution in [1.82, 2.24) is 24.0 Å². The van der Waals surface area contributed by atoms with Crippen LogP contribution in [0.2, 0.25) is 0 Å². The first-order valence-electron chi connectivity index (χ1n) is 12.5. The van der Waals surface area contributed by atoms with E-state index in [1.54, 1.807) is 39.8 Å². The number of aromatic nitrogens is 4. The van der Waals surface area contributed by atoms with Crippen LogP contribution in [0.1, 0.15) is 25.3 Å². The lowest BCUT2D eigenvalue weighted by Gasteiger charge is -2.16. The Labute approximate surface area is 218 Å². The highest BCUT2D eigenvalue weighted by molar-refractivity contribution is 5.97. The number of hydrogen-bond donors (Lipinski definition) is 1. The summed E-state index contributed by atoms with van der Waals surface area (Å²) in [6, 6.07) is 18.3. The second kappa shape index (κ2) is 9.52. The van der Waals surface area contributed by atoms with E-state index in [9.17, 15) is 14.9 Å². The fraction of sp³-hybridized carbons (Fsp3) is 0.250. The number of allylic oxidation sites excluding steroid dienone is 1. The molecule has 10 heteroatoms. The van der Waals surface area contributed by atoms with Gasteiger partial charge in [0.2, 0.25) is 0 Å². The molecule has 0 unspecified atom stereocenters. The zero-order valence-corrected chi connectivity index (χ0v) is 20.5. The summed E-state index contributed by atoms with van der Waals surface area (Å²) in [6.07, 6.45) is 5.68. The number of hydrogen-bond acceptors (Lipinski definition) is 7. The Hall–Kier alpha value is -4.91. The minimum absolute atomic E-state index is 0.173. The molecular weight excluding hydrogens is 482 g/mol. The van der Waals surface area contributed by atoms with Crippen LogP contribution in [0.4, 0.5) is 5.82 Å². The Morgan fingerprint density at radius 3 is 2.50 bits per heavy atom. The van der Waals surface area contributed by atoms with Crippen molar-refractivity contribution in [2.75, 3.05) is 18.8 Å². The minimum atomic E-state index is -0.322. The first kappa shape index (κ1) is 23.5. The van der Waals surface area contributed by atoms with Gasteiger partial charge in [0.15, 0.2) is 11.5 Å². The fourth-order valence-electron chi connectivity index (χ4n) is 4.89. The average Bonchev–Trinajstić information content (AvgIpc) is 3.54. The highest BCUT2D eigenvalue weighted by atomic mass is 16.5. The Balaban J connectivity index is 1.33. The molecule has 0 radical (unpaired) electrons. The summed E-state index contributed by atoms with van der Waals surface area (Å²) in [5.41, 5.74) is 7.49. The number of ether oxygens (including phenoxy) is 1. The number of nitrogens with two attached hydrogens (primary N) is 1. The molecule has 4 aromatic rings. The summed E-state index contributed by atoms with van der Waals surface area (Å²) in [4.78, 5) is 37.0. The summed E-state index contributed by atoms with van der Waals surface area (Å²) in [7, 11) is 0. The van der Waals surface area contributed by atoms with Crippen LogP contribution in [-0.2, 0) is 4.79 Å². The van der Waals surface area contributed by atoms with Gasteiger partial charge in [0.1, 0.15) is 35.0 Å². The predicted octanol–water partition coefficient (Wildman–Crippen LogP) is 3.59. The predicted molar refractivity (Wildman–Crippen MR) is 141 cm³/mol. The monoisotopic (exact) mass is 507 g/mol. The molecule has 2 aromatic heterocycles. The Morgan fingerprint density at radius 1 is 1.05 bits per heavy atom. The molecule has 1 aliphatic heterocycles. The van der Waals surface area contributed by atoms with E-state index in [0.29, 0.717) is 53.8 Å². The molecule has 10 nitrogen and oxygen atoms in total. The van der Waals surface area contributed by atoms with Crippen LogP contribution in [0, 0.1) is 17.2 Å². The SMILES string of the molecule is N#C/C(=C\C1CC1)C(=O)N1CC[C@H](n2c(=O)n(-c3ccc(Oc4ccccc4)cc3)c3c(N)ncnc32)C1. The standard InChI is InChI=1S/C28H25N7O3/c29-15-19(14-18-6-7-18)27(36)33-13-12-21(16-33)35-26-24(25(30)31-17-32-26)34(28(35)37)20-8-10-23(11-9-20)38-22-4-2-1-3-5-22/h1-5,8-11,14,17-18,21H,6-7,12-13,16H2,(H2,30,31,32)/b19-14+/t21-/m0/s1. The highest BCUT2D eigenvalue weighted by Gasteiger charge is 2.33. The number of imidazole rings is 1. The van der Waals surface area contributed by atoms with Gasteiger partial charge in [-0.25, -0.2) is 14.8 Å². The maximum Gasteiger partial charge on any atom is 0.335 e. The van der Waals surface area contributed by atoms with Gasteiger partial charge in [-0.15, -0.1) is 0 Å². The quantitative estimate of drug-likeness (QED) is 0.312. The Bertz CT molecular complexity index is 1640. The molecule has 0 bridgehead atoms. The summed E-state index contributed by atoms with van der Waals surface area (Å²) >= 11 is 0. The van der Waals surface area contributed by atoms with Crippen molar-refractivity contribution in [3.8, 4) is 23.3 Å². The van der Waals surface area contributed by atoms with Gasteiger partial charge in [-0.3, -0.25) is 13.9 Å². The van der Waals surface area contributed by atoms with E-state index in [1.165, 1.54) is 10.9 Å². The van der Waals surface area contributed by atoms with Crippen molar-refractivity contribution in [1.29, 1.82) is 5.26 Å². The third-order valence-electron chi connectivity index (χ3n) is 6.95. The molecule has 2 aromatic carbocycles. The zero-order chi connectivity index (χ0) is 26.2. The van der Waals surface area contributed by atoms with Gasteiger partial charge < -0.3 is 15.4 Å². The van der Waals surface area contributed by atoms with Crippen molar-refractivity contribution in [2.45, 2.75) is 25.3 Å². The molecule has 190 valence electrons. The normalized spacial score (nSPS) is 17.5. The highest BCUT2D eigenvalue weighted by Crippen LogP contribution is 2.33. The lowest BCUT2D eigenvalue weighted by Crippen LogP contribution is -2.32. The summed E-state index contributed by atoms with van der Waals surface area (Å²) in [6.45, 7) is 0.744. The van der Waals surface area contributed by atoms with Gasteiger partial charge in [-0.2, -0.15) is 5.26 Å². The number of likely N-dealkylation sites (tertiary alicyclic amines) is 1. The van der Waals surface area contributed by atoms with Gasteiger partial charge in [0.05, 0.1) is 11.7 Å². The summed E-state index contributed by atoms with van der Waals surface area (Å²) in [5, 5.41) is 9.50. The topological polar surface area (TPSA) is 132 Å². The zero-order valence-electron chi connectivity index (χ0n) is 20.5. The average molecular weight is 508 g/mol. The maximum absolute atomic E-state index is 13.8. The second-order valence-corrected chi connectivity index (χ2v) is 9.55. The number of carbonyl (C=O) groups excluding carboxylic acids is 1. The summed E-state index contributed by atoms with van der Waals surface area (Å²) < 4.78 is 8.96. The number of fused-ring (bicyclic) bond motifs is 1. The van der Waals surface area contributed by atoms with Crippen LogP contribution in [0.5, 0.6) is 11.5 Å². The van der Waals surface area contributed by atoms with E-state index in [2.05, 4.69) is 9.97 Å². The number of rotatable bonds is 6. The van der Waals surface area contributed by atoms with E-state index < -0.39 is 0 Å². The van der Waals surface area contributed by atoms with Crippen molar-refractivity contribution < 1.29 is 9.53 Å². The number of benzene rings is 2. The van der Waals surface area contributed by atoms with Gasteiger partial charge in [-0.05, 0) is 61.6 Å². The number of para-hydroxylation sites is 1.